The Morgan fingerprint density at radius 1 is 0.938 bits per heavy atom. The van der Waals surface area contributed by atoms with Crippen molar-refractivity contribution in [3.05, 3.63) is 45.9 Å². The molecule has 0 saturated carbocycles. The van der Waals surface area contributed by atoms with Crippen LogP contribution in [0.5, 0.6) is 0 Å². The van der Waals surface area contributed by atoms with Crippen LogP contribution in [0.4, 0.5) is 0 Å². The van der Waals surface area contributed by atoms with Crippen molar-refractivity contribution in [1.82, 2.24) is 10.2 Å². The molecule has 1 aromatic heterocycles. The Morgan fingerprint density at radius 2 is 1.62 bits per heavy atom. The number of nitrogens with zero attached hydrogens (tertiary/aromatic N) is 2. The average molecular weight is 253 g/mol. The highest BCUT2D eigenvalue weighted by Gasteiger charge is 2.03. The van der Waals surface area contributed by atoms with Crippen LogP contribution in [-0.4, -0.2) is 16.1 Å². The van der Waals surface area contributed by atoms with Crippen LogP contribution in [0.25, 0.3) is 0 Å². The second-order valence-electron chi connectivity index (χ2n) is 3.51. The van der Waals surface area contributed by atoms with Gasteiger partial charge in [-0.3, -0.25) is 0 Å². The highest BCUT2D eigenvalue weighted by atomic mass is 35.5. The molecule has 1 heterocycles. The lowest BCUT2D eigenvalue weighted by molar-refractivity contribution is 0.888. The first-order chi connectivity index (χ1) is 7.88. The van der Waals surface area contributed by atoms with Crippen LogP contribution in [0.15, 0.2) is 30.3 Å². The van der Waals surface area contributed by atoms with E-state index in [4.69, 9.17) is 11.6 Å². The summed E-state index contributed by atoms with van der Waals surface area (Å²) in [4.78, 5) is 0. The van der Waals surface area contributed by atoms with Gasteiger partial charge >= 0.3 is 0 Å². The summed E-state index contributed by atoms with van der Waals surface area (Å²) in [5.74, 6) is 0.618. The molecule has 0 fully saturated rings. The van der Waals surface area contributed by atoms with Crippen molar-refractivity contribution < 1.29 is 0 Å². The molecule has 0 spiro atoms. The first-order valence-electron chi connectivity index (χ1n) is 5.29. The topological polar surface area (TPSA) is 25.8 Å². The van der Waals surface area contributed by atoms with E-state index in [0.717, 1.165) is 29.3 Å². The summed E-state index contributed by atoms with van der Waals surface area (Å²) in [6.07, 6.45) is 2.81. The summed E-state index contributed by atoms with van der Waals surface area (Å²) in [7, 11) is 0. The zero-order chi connectivity index (χ0) is 11.2. The third-order valence-electron chi connectivity index (χ3n) is 2.29. The Labute approximate surface area is 104 Å². The molecule has 0 amide bonds. The molecule has 16 heavy (non-hydrogen) atoms. The third-order valence-corrected chi connectivity index (χ3v) is 3.52. The van der Waals surface area contributed by atoms with Gasteiger partial charge in [-0.1, -0.05) is 30.3 Å². The Bertz CT molecular complexity index is 428. The van der Waals surface area contributed by atoms with Gasteiger partial charge in [0.05, 0.1) is 0 Å². The Balaban J connectivity index is 1.89. The van der Waals surface area contributed by atoms with E-state index < -0.39 is 0 Å². The molecular formula is C12H13ClN2S. The fraction of sp³-hybridized carbons (Fsp3) is 0.333. The number of benzene rings is 1. The first kappa shape index (κ1) is 11.6. The summed E-state index contributed by atoms with van der Waals surface area (Å²) in [6, 6.07) is 10.4. The molecule has 0 bridgehead atoms. The van der Waals surface area contributed by atoms with E-state index in [-0.39, 0.29) is 0 Å². The number of alkyl halides is 1. The summed E-state index contributed by atoms with van der Waals surface area (Å²) >= 11 is 7.33. The van der Waals surface area contributed by atoms with E-state index in [9.17, 15) is 0 Å². The van der Waals surface area contributed by atoms with Gasteiger partial charge in [0.1, 0.15) is 10.0 Å². The van der Waals surface area contributed by atoms with Crippen molar-refractivity contribution in [2.75, 3.05) is 5.88 Å². The molecule has 0 aliphatic heterocycles. The number of halogens is 1. The molecule has 0 aliphatic carbocycles. The van der Waals surface area contributed by atoms with Gasteiger partial charge in [0.25, 0.3) is 0 Å². The van der Waals surface area contributed by atoms with E-state index >= 15 is 0 Å². The predicted octanol–water partition coefficient (Wildman–Crippen LogP) is 3.10. The Morgan fingerprint density at radius 3 is 2.31 bits per heavy atom. The summed E-state index contributed by atoms with van der Waals surface area (Å²) in [6.45, 7) is 0. The maximum Gasteiger partial charge on any atom is 0.118 e. The van der Waals surface area contributed by atoms with Crippen LogP contribution >= 0.6 is 22.9 Å². The molecule has 1 aromatic carbocycles. The van der Waals surface area contributed by atoms with E-state index in [1.165, 1.54) is 5.56 Å². The van der Waals surface area contributed by atoms with Crippen molar-refractivity contribution in [2.45, 2.75) is 19.3 Å². The molecule has 0 N–H and O–H groups in total. The molecule has 0 radical (unpaired) electrons. The molecule has 84 valence electrons. The molecule has 4 heteroatoms. The molecule has 2 rings (SSSR count). The van der Waals surface area contributed by atoms with Crippen molar-refractivity contribution in [3.8, 4) is 0 Å². The van der Waals surface area contributed by atoms with Gasteiger partial charge in [0, 0.05) is 18.7 Å². The van der Waals surface area contributed by atoms with Crippen LogP contribution in [-0.2, 0) is 19.3 Å². The quantitative estimate of drug-likeness (QED) is 0.765. The summed E-state index contributed by atoms with van der Waals surface area (Å²) in [5.41, 5.74) is 1.34. The van der Waals surface area contributed by atoms with Crippen LogP contribution in [0, 0.1) is 0 Å². The molecule has 0 saturated heterocycles. The Hall–Kier alpha value is -0.930. The van der Waals surface area contributed by atoms with Crippen LogP contribution in [0.2, 0.25) is 0 Å². The van der Waals surface area contributed by atoms with Crippen molar-refractivity contribution >= 4 is 22.9 Å². The van der Waals surface area contributed by atoms with Gasteiger partial charge in [0.2, 0.25) is 0 Å². The van der Waals surface area contributed by atoms with E-state index in [1.54, 1.807) is 11.3 Å². The van der Waals surface area contributed by atoms with Gasteiger partial charge in [0.15, 0.2) is 0 Å². The van der Waals surface area contributed by atoms with Gasteiger partial charge in [-0.15, -0.1) is 33.1 Å². The molecule has 0 atom stereocenters. The smallest absolute Gasteiger partial charge is 0.118 e. The van der Waals surface area contributed by atoms with Gasteiger partial charge < -0.3 is 0 Å². The predicted molar refractivity (Wildman–Crippen MR) is 68.2 cm³/mol. The standard InChI is InChI=1S/C12H13ClN2S/c13-9-8-12-15-14-11(16-12)7-6-10-4-2-1-3-5-10/h1-5H,6-9H2. The second-order valence-corrected chi connectivity index (χ2v) is 5.04. The maximum absolute atomic E-state index is 5.66. The summed E-state index contributed by atoms with van der Waals surface area (Å²) in [5, 5.41) is 10.4. The number of hydrogen-bond acceptors (Lipinski definition) is 3. The minimum absolute atomic E-state index is 0.618. The zero-order valence-corrected chi connectivity index (χ0v) is 10.5. The number of hydrogen-bond donors (Lipinski definition) is 0. The highest BCUT2D eigenvalue weighted by molar-refractivity contribution is 7.11. The molecule has 0 aliphatic rings. The number of aryl methyl sites for hydroxylation is 3. The Kier molecular flexibility index (Phi) is 4.31. The van der Waals surface area contributed by atoms with E-state index in [2.05, 4.69) is 34.5 Å². The lowest BCUT2D eigenvalue weighted by atomic mass is 10.1. The maximum atomic E-state index is 5.66. The molecular weight excluding hydrogens is 240 g/mol. The number of aromatic nitrogens is 2. The lowest BCUT2D eigenvalue weighted by Gasteiger charge is -1.96. The molecule has 2 nitrogen and oxygen atoms in total. The van der Waals surface area contributed by atoms with Crippen LogP contribution in [0.3, 0.4) is 0 Å². The molecule has 2 aromatic rings. The third kappa shape index (κ3) is 3.29. The minimum atomic E-state index is 0.618. The monoisotopic (exact) mass is 252 g/mol. The van der Waals surface area contributed by atoms with Crippen molar-refractivity contribution in [2.24, 2.45) is 0 Å². The van der Waals surface area contributed by atoms with Gasteiger partial charge in [-0.25, -0.2) is 0 Å². The van der Waals surface area contributed by atoms with E-state index in [0.29, 0.717) is 5.88 Å². The van der Waals surface area contributed by atoms with Gasteiger partial charge in [-0.05, 0) is 12.0 Å². The van der Waals surface area contributed by atoms with Gasteiger partial charge in [-0.2, -0.15) is 0 Å². The fourth-order valence-electron chi connectivity index (χ4n) is 1.47. The minimum Gasteiger partial charge on any atom is -0.144 e. The zero-order valence-electron chi connectivity index (χ0n) is 8.90. The number of rotatable bonds is 5. The summed E-state index contributed by atoms with van der Waals surface area (Å²) < 4.78 is 0. The van der Waals surface area contributed by atoms with Crippen LogP contribution < -0.4 is 0 Å². The largest absolute Gasteiger partial charge is 0.144 e. The van der Waals surface area contributed by atoms with Crippen LogP contribution in [0.1, 0.15) is 15.6 Å². The highest BCUT2D eigenvalue weighted by Crippen LogP contribution is 2.13. The first-order valence-corrected chi connectivity index (χ1v) is 6.65. The average Bonchev–Trinajstić information content (AvgIpc) is 2.76. The normalized spacial score (nSPS) is 10.6. The SMILES string of the molecule is ClCCc1nnc(CCc2ccccc2)s1. The molecule has 0 unspecified atom stereocenters. The van der Waals surface area contributed by atoms with Crippen molar-refractivity contribution in [1.29, 1.82) is 0 Å². The fourth-order valence-corrected chi connectivity index (χ4v) is 2.60. The van der Waals surface area contributed by atoms with Crippen molar-refractivity contribution in [3.63, 3.8) is 0 Å². The second kappa shape index (κ2) is 5.97. The lowest BCUT2D eigenvalue weighted by Crippen LogP contribution is -1.89. The van der Waals surface area contributed by atoms with E-state index in [1.807, 2.05) is 6.07 Å².